The highest BCUT2D eigenvalue weighted by Crippen LogP contribution is 2.19. The van der Waals surface area contributed by atoms with Crippen LogP contribution < -0.4 is 10.0 Å². The molecule has 0 aromatic heterocycles. The highest BCUT2D eigenvalue weighted by Gasteiger charge is 2.22. The van der Waals surface area contributed by atoms with Crippen LogP contribution in [0.25, 0.3) is 0 Å². The van der Waals surface area contributed by atoms with E-state index < -0.39 is 10.2 Å². The quantitative estimate of drug-likeness (QED) is 0.588. The summed E-state index contributed by atoms with van der Waals surface area (Å²) in [5.41, 5.74) is 0. The molecule has 0 amide bonds. The van der Waals surface area contributed by atoms with E-state index in [-0.39, 0.29) is 4.75 Å². The summed E-state index contributed by atoms with van der Waals surface area (Å²) >= 11 is 1.65. The summed E-state index contributed by atoms with van der Waals surface area (Å²) in [5.74, 6) is 0. The van der Waals surface area contributed by atoms with Crippen molar-refractivity contribution in [1.29, 1.82) is 0 Å². The van der Waals surface area contributed by atoms with Crippen LogP contribution in [-0.2, 0) is 10.2 Å². The largest absolute Gasteiger partial charge is 0.317 e. The Labute approximate surface area is 116 Å². The van der Waals surface area contributed by atoms with Crippen LogP contribution in [-0.4, -0.2) is 57.0 Å². The molecule has 18 heavy (non-hydrogen) atoms. The number of rotatable bonds is 10. The van der Waals surface area contributed by atoms with Crippen molar-refractivity contribution < 1.29 is 8.42 Å². The first-order valence-electron chi connectivity index (χ1n) is 6.22. The summed E-state index contributed by atoms with van der Waals surface area (Å²) in [6, 6.07) is 0. The normalized spacial score (nSPS) is 13.2. The van der Waals surface area contributed by atoms with Crippen molar-refractivity contribution in [1.82, 2.24) is 14.3 Å². The van der Waals surface area contributed by atoms with E-state index in [9.17, 15) is 8.42 Å². The molecule has 0 spiro atoms. The SMILES string of the molecule is CCNCCCN(C)S(=O)(=O)NCC(C)(C)SC. The van der Waals surface area contributed by atoms with Crippen molar-refractivity contribution in [3.8, 4) is 0 Å². The van der Waals surface area contributed by atoms with E-state index in [1.165, 1.54) is 4.31 Å². The number of nitrogens with one attached hydrogen (secondary N) is 2. The third-order valence-corrected chi connectivity index (χ3v) is 5.48. The van der Waals surface area contributed by atoms with E-state index in [0.717, 1.165) is 19.5 Å². The molecule has 0 aromatic rings. The summed E-state index contributed by atoms with van der Waals surface area (Å²) in [7, 11) is -1.74. The van der Waals surface area contributed by atoms with Gasteiger partial charge in [0, 0.05) is 24.9 Å². The number of thioether (sulfide) groups is 1. The van der Waals surface area contributed by atoms with E-state index >= 15 is 0 Å². The van der Waals surface area contributed by atoms with Gasteiger partial charge in [-0.2, -0.15) is 24.5 Å². The maximum atomic E-state index is 11.9. The van der Waals surface area contributed by atoms with Crippen LogP contribution in [0.4, 0.5) is 0 Å². The maximum Gasteiger partial charge on any atom is 0.279 e. The van der Waals surface area contributed by atoms with Gasteiger partial charge >= 0.3 is 0 Å². The van der Waals surface area contributed by atoms with Gasteiger partial charge in [-0.3, -0.25) is 0 Å². The van der Waals surface area contributed by atoms with Gasteiger partial charge in [-0.15, -0.1) is 0 Å². The molecule has 2 N–H and O–H groups in total. The lowest BCUT2D eigenvalue weighted by molar-refractivity contribution is 0.443. The van der Waals surface area contributed by atoms with Crippen LogP contribution in [0.5, 0.6) is 0 Å². The van der Waals surface area contributed by atoms with Crippen molar-refractivity contribution in [2.24, 2.45) is 0 Å². The van der Waals surface area contributed by atoms with Gasteiger partial charge in [-0.05, 0) is 39.6 Å². The summed E-state index contributed by atoms with van der Waals surface area (Å²) in [5, 5.41) is 3.18. The summed E-state index contributed by atoms with van der Waals surface area (Å²) in [4.78, 5) is 0. The topological polar surface area (TPSA) is 61.4 Å². The lowest BCUT2D eigenvalue weighted by Gasteiger charge is -2.24. The third-order valence-electron chi connectivity index (χ3n) is 2.72. The Bertz CT molecular complexity index is 318. The maximum absolute atomic E-state index is 11.9. The molecule has 0 rings (SSSR count). The number of hydrogen-bond acceptors (Lipinski definition) is 4. The van der Waals surface area contributed by atoms with Gasteiger partial charge in [-0.1, -0.05) is 6.92 Å². The van der Waals surface area contributed by atoms with Crippen molar-refractivity contribution in [2.75, 3.05) is 39.5 Å². The second-order valence-corrected chi connectivity index (χ2v) is 8.19. The van der Waals surface area contributed by atoms with Gasteiger partial charge in [0.25, 0.3) is 10.2 Å². The van der Waals surface area contributed by atoms with Crippen molar-refractivity contribution in [3.05, 3.63) is 0 Å². The number of hydrogen-bond donors (Lipinski definition) is 2. The van der Waals surface area contributed by atoms with E-state index in [4.69, 9.17) is 0 Å². The molecule has 0 unspecified atom stereocenters. The molecule has 0 atom stereocenters. The van der Waals surface area contributed by atoms with Crippen LogP contribution in [0, 0.1) is 0 Å². The van der Waals surface area contributed by atoms with Gasteiger partial charge < -0.3 is 5.32 Å². The Hall–Kier alpha value is 0.180. The van der Waals surface area contributed by atoms with E-state index in [2.05, 4.69) is 10.0 Å². The molecule has 0 bridgehead atoms. The van der Waals surface area contributed by atoms with Crippen LogP contribution in [0.1, 0.15) is 27.2 Å². The van der Waals surface area contributed by atoms with Crippen LogP contribution in [0.2, 0.25) is 0 Å². The van der Waals surface area contributed by atoms with Gasteiger partial charge in [-0.25, -0.2) is 4.72 Å². The first-order chi connectivity index (χ1) is 8.25. The molecule has 0 fully saturated rings. The fraction of sp³-hybridized carbons (Fsp3) is 1.00. The lowest BCUT2D eigenvalue weighted by atomic mass is 10.2. The molecule has 5 nitrogen and oxygen atoms in total. The summed E-state index contributed by atoms with van der Waals surface area (Å²) in [6.45, 7) is 8.79. The smallest absolute Gasteiger partial charge is 0.279 e. The minimum Gasteiger partial charge on any atom is -0.317 e. The second-order valence-electron chi connectivity index (χ2n) is 4.82. The zero-order chi connectivity index (χ0) is 14.2. The minimum atomic E-state index is -3.35. The Morgan fingerprint density at radius 2 is 1.94 bits per heavy atom. The highest BCUT2D eigenvalue weighted by atomic mass is 32.2. The van der Waals surface area contributed by atoms with Gasteiger partial charge in [0.1, 0.15) is 0 Å². The molecule has 0 heterocycles. The van der Waals surface area contributed by atoms with Crippen LogP contribution >= 0.6 is 11.8 Å². The second kappa shape index (κ2) is 8.37. The lowest BCUT2D eigenvalue weighted by Crippen LogP contribution is -2.44. The molecule has 0 aliphatic rings. The van der Waals surface area contributed by atoms with E-state index in [0.29, 0.717) is 13.1 Å². The molecular formula is C11H27N3O2S2. The third kappa shape index (κ3) is 7.58. The van der Waals surface area contributed by atoms with Crippen LogP contribution in [0.3, 0.4) is 0 Å². The van der Waals surface area contributed by atoms with E-state index in [1.807, 2.05) is 27.0 Å². The molecule has 7 heteroatoms. The Morgan fingerprint density at radius 3 is 2.44 bits per heavy atom. The Morgan fingerprint density at radius 1 is 1.33 bits per heavy atom. The predicted octanol–water partition coefficient (Wildman–Crippen LogP) is 0.894. The average Bonchev–Trinajstić information content (AvgIpc) is 2.32. The fourth-order valence-electron chi connectivity index (χ4n) is 1.17. The Kier molecular flexibility index (Phi) is 8.45. The first-order valence-corrected chi connectivity index (χ1v) is 8.88. The first kappa shape index (κ1) is 18.2. The van der Waals surface area contributed by atoms with E-state index in [1.54, 1.807) is 18.8 Å². The fourth-order valence-corrected chi connectivity index (χ4v) is 2.61. The van der Waals surface area contributed by atoms with Crippen molar-refractivity contribution in [2.45, 2.75) is 31.9 Å². The molecule has 0 saturated heterocycles. The molecule has 0 aromatic carbocycles. The highest BCUT2D eigenvalue weighted by molar-refractivity contribution is 8.00. The molecule has 110 valence electrons. The van der Waals surface area contributed by atoms with Crippen molar-refractivity contribution in [3.63, 3.8) is 0 Å². The number of nitrogens with zero attached hydrogens (tertiary/aromatic N) is 1. The Balaban J connectivity index is 4.12. The molecule has 0 saturated carbocycles. The summed E-state index contributed by atoms with van der Waals surface area (Å²) in [6.07, 6.45) is 2.80. The average molecular weight is 297 g/mol. The minimum absolute atomic E-state index is 0.0856. The predicted molar refractivity (Wildman–Crippen MR) is 80.3 cm³/mol. The zero-order valence-electron chi connectivity index (χ0n) is 12.1. The van der Waals surface area contributed by atoms with Gasteiger partial charge in [0.2, 0.25) is 0 Å². The van der Waals surface area contributed by atoms with Crippen molar-refractivity contribution >= 4 is 22.0 Å². The molecule has 0 aliphatic heterocycles. The summed E-state index contributed by atoms with van der Waals surface area (Å²) < 4.78 is 27.8. The monoisotopic (exact) mass is 297 g/mol. The standard InChI is InChI=1S/C11H27N3O2S2/c1-6-12-8-7-9-14(4)18(15,16)13-10-11(2,3)17-5/h12-13H,6-10H2,1-5H3. The molecule has 0 aliphatic carbocycles. The van der Waals surface area contributed by atoms with Gasteiger partial charge in [0.15, 0.2) is 0 Å². The zero-order valence-corrected chi connectivity index (χ0v) is 13.7. The molecule has 0 radical (unpaired) electrons. The van der Waals surface area contributed by atoms with Crippen LogP contribution in [0.15, 0.2) is 0 Å². The molecular weight excluding hydrogens is 270 g/mol. The van der Waals surface area contributed by atoms with Gasteiger partial charge in [0.05, 0.1) is 0 Å².